The van der Waals surface area contributed by atoms with E-state index in [1.807, 2.05) is 13.8 Å². The molecule has 0 aliphatic heterocycles. The van der Waals surface area contributed by atoms with Gasteiger partial charge in [-0.2, -0.15) is 0 Å². The number of carboxylic acid groups (broad SMARTS) is 1. The van der Waals surface area contributed by atoms with Crippen LogP contribution in [0.2, 0.25) is 0 Å². The van der Waals surface area contributed by atoms with Gasteiger partial charge in [-0.3, -0.25) is 9.79 Å². The molecule has 1 atom stereocenters. The average Bonchev–Trinajstić information content (AvgIpc) is 2.30. The molecule has 0 spiro atoms. The van der Waals surface area contributed by atoms with Gasteiger partial charge in [0.1, 0.15) is 6.04 Å². The number of amidine groups is 1. The zero-order valence-corrected chi connectivity index (χ0v) is 15.2. The van der Waals surface area contributed by atoms with Crippen molar-refractivity contribution >= 4 is 49.0 Å². The number of halogens is 2. The largest absolute Gasteiger partial charge is 0.480 e. The molecule has 0 amide bonds. The summed E-state index contributed by atoms with van der Waals surface area (Å²) in [6.07, 6.45) is 1.17. The number of aliphatic carboxylic acids is 1. The molecule has 18 heavy (non-hydrogen) atoms. The van der Waals surface area contributed by atoms with Crippen LogP contribution in [0.4, 0.5) is 0 Å². The Bertz CT molecular complexity index is 313. The minimum atomic E-state index is -0.969. The predicted octanol–water partition coefficient (Wildman–Crippen LogP) is 2.66. The third-order valence-electron chi connectivity index (χ3n) is 2.42. The number of rotatable bonds is 6. The van der Waals surface area contributed by atoms with Crippen molar-refractivity contribution < 1.29 is 9.90 Å². The van der Waals surface area contributed by atoms with Gasteiger partial charge in [0.2, 0.25) is 0 Å². The van der Waals surface area contributed by atoms with E-state index in [0.717, 1.165) is 17.6 Å². The van der Waals surface area contributed by atoms with Crippen LogP contribution >= 0.6 is 37.2 Å². The molecule has 0 aromatic heterocycles. The molecule has 0 saturated heterocycles. The summed E-state index contributed by atoms with van der Waals surface area (Å²) in [4.78, 5) is 14.6. The van der Waals surface area contributed by atoms with Crippen molar-refractivity contribution in [3.63, 3.8) is 0 Å². The van der Waals surface area contributed by atoms with E-state index < -0.39 is 12.0 Å². The first kappa shape index (κ1) is 20.4. The van der Waals surface area contributed by atoms with Crippen molar-refractivity contribution in [2.24, 2.45) is 16.5 Å². The van der Waals surface area contributed by atoms with E-state index in [9.17, 15) is 4.79 Å². The quantitative estimate of drug-likeness (QED) is 0.235. The van der Waals surface area contributed by atoms with E-state index in [2.05, 4.69) is 42.2 Å². The van der Waals surface area contributed by atoms with Gasteiger partial charge in [-0.1, -0.05) is 11.1 Å². The van der Waals surface area contributed by atoms with E-state index in [1.165, 1.54) is 0 Å². The minimum absolute atomic E-state index is 0.381. The minimum Gasteiger partial charge on any atom is -0.480 e. The molecule has 0 radical (unpaired) electrons. The highest BCUT2D eigenvalue weighted by molar-refractivity contribution is 15.0. The van der Waals surface area contributed by atoms with Crippen LogP contribution in [0.25, 0.3) is 0 Å². The number of hydrogen-bond acceptors (Lipinski definition) is 3. The monoisotopic (exact) mass is 481 g/mol. The molecule has 0 fully saturated rings. The fourth-order valence-electron chi connectivity index (χ4n) is 1.20. The summed E-state index contributed by atoms with van der Waals surface area (Å²) >= 11 is 4.24. The molecule has 0 aliphatic rings. The molecule has 0 aromatic carbocycles. The molecular weight excluding hydrogens is 460 g/mol. The predicted molar refractivity (Wildman–Crippen MR) is 93.4 cm³/mol. The number of carboxylic acids is 1. The summed E-state index contributed by atoms with van der Waals surface area (Å²) in [7, 11) is 0. The van der Waals surface area contributed by atoms with Crippen molar-refractivity contribution in [2.75, 3.05) is 6.54 Å². The summed E-state index contributed by atoms with van der Waals surface area (Å²) < 4.78 is 0. The molecule has 0 saturated carbocycles. The highest BCUT2D eigenvalue weighted by Gasteiger charge is 2.12. The van der Waals surface area contributed by atoms with E-state index in [4.69, 9.17) is 16.6 Å². The van der Waals surface area contributed by atoms with Gasteiger partial charge in [-0.15, -0.1) is 0 Å². The molecule has 0 aliphatic carbocycles. The van der Waals surface area contributed by atoms with Gasteiger partial charge in [0, 0.05) is 43.8 Å². The second kappa shape index (κ2) is 12.2. The third kappa shape index (κ3) is 11.2. The number of nitrogens with zero attached hydrogens (tertiary/aromatic N) is 1. The first-order valence-electron chi connectivity index (χ1n) is 5.39. The van der Waals surface area contributed by atoms with E-state index in [-0.39, 0.29) is 0 Å². The Hall–Kier alpha value is 0.1000. The Labute approximate surface area is 132 Å². The zero-order chi connectivity index (χ0) is 14.7. The van der Waals surface area contributed by atoms with Crippen LogP contribution < -0.4 is 11.5 Å². The lowest BCUT2D eigenvalue weighted by Gasteiger charge is -2.10. The van der Waals surface area contributed by atoms with Crippen molar-refractivity contribution in [3.05, 3.63) is 11.1 Å². The Morgan fingerprint density at radius 2 is 1.78 bits per heavy atom. The Balaban J connectivity index is 0. The van der Waals surface area contributed by atoms with Crippen molar-refractivity contribution in [2.45, 2.75) is 39.7 Å². The van der Waals surface area contributed by atoms with Crippen molar-refractivity contribution in [1.82, 2.24) is 0 Å². The molecule has 7 heteroatoms. The number of carbonyl (C=O) groups is 1. The summed E-state index contributed by atoms with van der Waals surface area (Å²) in [6.45, 7) is 6.24. The van der Waals surface area contributed by atoms with Gasteiger partial charge in [0.15, 0.2) is 0 Å². The summed E-state index contributed by atoms with van der Waals surface area (Å²) in [5.74, 6) is -0.407. The van der Waals surface area contributed by atoms with Crippen LogP contribution in [-0.2, 0) is 4.79 Å². The average molecular weight is 481 g/mol. The second-order valence-electron chi connectivity index (χ2n) is 3.98. The fraction of sp³-hybridized carbons (Fsp3) is 0.636. The van der Waals surface area contributed by atoms with Crippen molar-refractivity contribution in [3.8, 4) is 0 Å². The molecule has 5 N–H and O–H groups in total. The number of nitrogens with two attached hydrogens (primary N) is 2. The first-order valence-corrected chi connectivity index (χ1v) is 11.7. The van der Waals surface area contributed by atoms with Gasteiger partial charge in [-0.25, -0.2) is 0 Å². The summed E-state index contributed by atoms with van der Waals surface area (Å²) in [5, 5.41) is 8.68. The van der Waals surface area contributed by atoms with Crippen molar-refractivity contribution in [1.29, 1.82) is 0 Å². The summed E-state index contributed by atoms with van der Waals surface area (Å²) in [5.41, 5.74) is 13.0. The van der Waals surface area contributed by atoms with Crippen LogP contribution in [0.5, 0.6) is 0 Å². The third-order valence-corrected chi connectivity index (χ3v) is 2.42. The van der Waals surface area contributed by atoms with Gasteiger partial charge in [0.25, 0.3) is 0 Å². The van der Waals surface area contributed by atoms with Crippen LogP contribution in [0, 0.1) is 0 Å². The van der Waals surface area contributed by atoms with E-state index >= 15 is 0 Å². The number of hydrogen-bond donors (Lipinski definition) is 3. The maximum absolute atomic E-state index is 10.6. The molecule has 0 bridgehead atoms. The molecule has 5 nitrogen and oxygen atoms in total. The number of aliphatic imine (C=N–C) groups is 1. The molecule has 106 valence electrons. The maximum atomic E-state index is 10.6. The van der Waals surface area contributed by atoms with Gasteiger partial charge in [-0.05, 0) is 33.6 Å². The molecular formula is C11H21I2N3O2. The zero-order valence-electron chi connectivity index (χ0n) is 10.9. The lowest BCUT2D eigenvalue weighted by Crippen LogP contribution is -2.30. The Morgan fingerprint density at radius 1 is 1.28 bits per heavy atom. The van der Waals surface area contributed by atoms with E-state index in [1.54, 1.807) is 6.92 Å². The first-order chi connectivity index (χ1) is 8.34. The maximum Gasteiger partial charge on any atom is 0.320 e. The SMILES string of the molecule is CC(N)=NCCC(C)=C(C)CC(N)C(=O)O.II. The van der Waals surface area contributed by atoms with Crippen LogP contribution in [0.1, 0.15) is 33.6 Å². The lowest BCUT2D eigenvalue weighted by atomic mass is 10.0. The second-order valence-corrected chi connectivity index (χ2v) is 3.98. The fourth-order valence-corrected chi connectivity index (χ4v) is 1.20. The Morgan fingerprint density at radius 3 is 2.17 bits per heavy atom. The molecule has 0 heterocycles. The normalized spacial score (nSPS) is 14.2. The Kier molecular flexibility index (Phi) is 13.8. The molecule has 1 unspecified atom stereocenters. The highest BCUT2D eigenvalue weighted by Crippen LogP contribution is 2.13. The topological polar surface area (TPSA) is 102 Å². The van der Waals surface area contributed by atoms with Crippen LogP contribution in [-0.4, -0.2) is 29.5 Å². The van der Waals surface area contributed by atoms with Crippen LogP contribution in [0.3, 0.4) is 0 Å². The summed E-state index contributed by atoms with van der Waals surface area (Å²) in [6, 6.07) is -0.824. The molecule has 0 rings (SSSR count). The standard InChI is InChI=1S/C11H21N3O2.I2/c1-7(4-5-14-9(3)12)8(2)6-10(13)11(15)16;1-2/h10H,4-6,13H2,1-3H3,(H2,12,14)(H,15,16);. The highest BCUT2D eigenvalue weighted by atomic mass is 128. The molecule has 0 aromatic rings. The van der Waals surface area contributed by atoms with Gasteiger partial charge >= 0.3 is 5.97 Å². The van der Waals surface area contributed by atoms with Gasteiger partial charge in [0.05, 0.1) is 5.84 Å². The lowest BCUT2D eigenvalue weighted by molar-refractivity contribution is -0.138. The van der Waals surface area contributed by atoms with E-state index in [0.29, 0.717) is 18.8 Å². The van der Waals surface area contributed by atoms with Crippen LogP contribution in [0.15, 0.2) is 16.1 Å². The van der Waals surface area contributed by atoms with Gasteiger partial charge < -0.3 is 16.6 Å². The smallest absolute Gasteiger partial charge is 0.320 e.